The zero-order chi connectivity index (χ0) is 13.1. The molecular formula is C12H10BrClN2O2. The van der Waals surface area contributed by atoms with E-state index in [-0.39, 0.29) is 18.2 Å². The van der Waals surface area contributed by atoms with E-state index in [1.807, 2.05) is 0 Å². The van der Waals surface area contributed by atoms with Crippen LogP contribution in [0.3, 0.4) is 0 Å². The Morgan fingerprint density at radius 1 is 1.39 bits per heavy atom. The molecule has 4 nitrogen and oxygen atoms in total. The smallest absolute Gasteiger partial charge is 0.291 e. The first-order valence-electron chi connectivity index (χ1n) is 5.15. The molecule has 0 bridgehead atoms. The van der Waals surface area contributed by atoms with Gasteiger partial charge in [-0.1, -0.05) is 27.5 Å². The van der Waals surface area contributed by atoms with Crippen molar-refractivity contribution in [2.24, 2.45) is 5.73 Å². The molecule has 1 heterocycles. The van der Waals surface area contributed by atoms with Crippen LogP contribution in [-0.2, 0) is 6.54 Å². The highest BCUT2D eigenvalue weighted by Crippen LogP contribution is 2.26. The summed E-state index contributed by atoms with van der Waals surface area (Å²) in [6.45, 7) is 0.256. The molecule has 6 heteroatoms. The fraction of sp³-hybridized carbons (Fsp3) is 0.0833. The van der Waals surface area contributed by atoms with Crippen LogP contribution in [0.2, 0.25) is 5.02 Å². The van der Waals surface area contributed by atoms with Gasteiger partial charge in [0.25, 0.3) is 5.91 Å². The normalized spacial score (nSPS) is 10.4. The van der Waals surface area contributed by atoms with Gasteiger partial charge in [0.05, 0.1) is 17.3 Å². The number of nitrogens with two attached hydrogens (primary N) is 1. The lowest BCUT2D eigenvalue weighted by atomic mass is 10.3. The lowest BCUT2D eigenvalue weighted by Crippen LogP contribution is -2.11. The lowest BCUT2D eigenvalue weighted by Gasteiger charge is -2.05. The molecule has 0 saturated carbocycles. The Bertz CT molecular complexity index is 583. The zero-order valence-electron chi connectivity index (χ0n) is 9.24. The summed E-state index contributed by atoms with van der Waals surface area (Å²) >= 11 is 9.29. The number of hydrogen-bond donors (Lipinski definition) is 2. The van der Waals surface area contributed by atoms with Crippen molar-refractivity contribution >= 4 is 39.1 Å². The van der Waals surface area contributed by atoms with E-state index in [4.69, 9.17) is 21.8 Å². The maximum Gasteiger partial charge on any atom is 0.291 e. The first-order valence-corrected chi connectivity index (χ1v) is 6.32. The molecule has 1 aromatic heterocycles. The molecule has 0 unspecified atom stereocenters. The summed E-state index contributed by atoms with van der Waals surface area (Å²) in [6, 6.07) is 8.43. The van der Waals surface area contributed by atoms with Crippen LogP contribution in [0.1, 0.15) is 16.3 Å². The van der Waals surface area contributed by atoms with Crippen LogP contribution in [0.4, 0.5) is 5.69 Å². The first-order chi connectivity index (χ1) is 8.60. The van der Waals surface area contributed by atoms with Gasteiger partial charge in [-0.05, 0) is 30.3 Å². The Kier molecular flexibility index (Phi) is 4.06. The number of rotatable bonds is 3. The van der Waals surface area contributed by atoms with Gasteiger partial charge in [-0.2, -0.15) is 0 Å². The van der Waals surface area contributed by atoms with Crippen molar-refractivity contribution in [1.29, 1.82) is 0 Å². The fourth-order valence-corrected chi connectivity index (χ4v) is 2.11. The summed E-state index contributed by atoms with van der Waals surface area (Å²) in [5.74, 6) is 0.399. The molecule has 1 amide bonds. The molecule has 1 aromatic carbocycles. The third-order valence-corrected chi connectivity index (χ3v) is 3.07. The second kappa shape index (κ2) is 5.56. The molecule has 2 aromatic rings. The molecule has 0 atom stereocenters. The summed E-state index contributed by atoms with van der Waals surface area (Å²) in [7, 11) is 0. The summed E-state index contributed by atoms with van der Waals surface area (Å²) in [5.41, 5.74) is 5.93. The topological polar surface area (TPSA) is 68.3 Å². The number of amides is 1. The van der Waals surface area contributed by atoms with E-state index in [0.29, 0.717) is 16.5 Å². The predicted molar refractivity (Wildman–Crippen MR) is 73.7 cm³/mol. The van der Waals surface area contributed by atoms with E-state index >= 15 is 0 Å². The van der Waals surface area contributed by atoms with Crippen LogP contribution in [0.15, 0.2) is 39.2 Å². The Morgan fingerprint density at radius 2 is 2.17 bits per heavy atom. The molecule has 0 saturated heterocycles. The number of furan rings is 1. The quantitative estimate of drug-likeness (QED) is 0.906. The van der Waals surface area contributed by atoms with Crippen molar-refractivity contribution < 1.29 is 9.21 Å². The average Bonchev–Trinajstić information content (AvgIpc) is 2.81. The van der Waals surface area contributed by atoms with Crippen molar-refractivity contribution in [1.82, 2.24) is 0 Å². The SMILES string of the molecule is NCc1ccc(C(=O)Nc2ccc(Br)cc2Cl)o1. The van der Waals surface area contributed by atoms with Gasteiger partial charge >= 0.3 is 0 Å². The van der Waals surface area contributed by atoms with Gasteiger partial charge in [0.2, 0.25) is 0 Å². The minimum absolute atomic E-state index is 0.203. The van der Waals surface area contributed by atoms with Crippen molar-refractivity contribution in [3.05, 3.63) is 51.3 Å². The van der Waals surface area contributed by atoms with Crippen LogP contribution in [0.25, 0.3) is 0 Å². The van der Waals surface area contributed by atoms with Gasteiger partial charge < -0.3 is 15.5 Å². The van der Waals surface area contributed by atoms with E-state index in [0.717, 1.165) is 4.47 Å². The minimum atomic E-state index is -0.362. The second-order valence-corrected chi connectivity index (χ2v) is 4.87. The number of carbonyl (C=O) groups excluding carboxylic acids is 1. The van der Waals surface area contributed by atoms with Crippen LogP contribution < -0.4 is 11.1 Å². The number of carbonyl (C=O) groups is 1. The lowest BCUT2D eigenvalue weighted by molar-refractivity contribution is 0.0995. The average molecular weight is 330 g/mol. The predicted octanol–water partition coefficient (Wildman–Crippen LogP) is 3.41. The molecule has 0 fully saturated rings. The highest BCUT2D eigenvalue weighted by Gasteiger charge is 2.12. The zero-order valence-corrected chi connectivity index (χ0v) is 11.6. The Hall–Kier alpha value is -1.30. The van der Waals surface area contributed by atoms with Gasteiger partial charge in [-0.3, -0.25) is 4.79 Å². The summed E-state index contributed by atoms with van der Waals surface area (Å²) in [5, 5.41) is 3.11. The Morgan fingerprint density at radius 3 is 2.78 bits per heavy atom. The maximum absolute atomic E-state index is 11.9. The number of nitrogens with one attached hydrogen (secondary N) is 1. The van der Waals surface area contributed by atoms with E-state index in [2.05, 4.69) is 21.2 Å². The molecule has 0 spiro atoms. The molecule has 2 rings (SSSR count). The standard InChI is InChI=1S/C12H10BrClN2O2/c13-7-1-3-10(9(14)5-7)16-12(17)11-4-2-8(6-15)18-11/h1-5H,6,15H2,(H,16,17). The minimum Gasteiger partial charge on any atom is -0.455 e. The van der Waals surface area contributed by atoms with E-state index in [1.165, 1.54) is 0 Å². The summed E-state index contributed by atoms with van der Waals surface area (Å²) in [6.07, 6.45) is 0. The number of benzene rings is 1. The van der Waals surface area contributed by atoms with Gasteiger partial charge in [0, 0.05) is 4.47 Å². The maximum atomic E-state index is 11.9. The van der Waals surface area contributed by atoms with Gasteiger partial charge in [0.15, 0.2) is 5.76 Å². The van der Waals surface area contributed by atoms with E-state index in [1.54, 1.807) is 30.3 Å². The largest absolute Gasteiger partial charge is 0.455 e. The van der Waals surface area contributed by atoms with Gasteiger partial charge in [-0.15, -0.1) is 0 Å². The molecule has 0 aliphatic carbocycles. The first kappa shape index (κ1) is 13.1. The van der Waals surface area contributed by atoms with Crippen LogP contribution >= 0.6 is 27.5 Å². The number of anilines is 1. The van der Waals surface area contributed by atoms with Gasteiger partial charge in [0.1, 0.15) is 5.76 Å². The van der Waals surface area contributed by atoms with Crippen LogP contribution in [-0.4, -0.2) is 5.91 Å². The number of halogens is 2. The fourth-order valence-electron chi connectivity index (χ4n) is 1.38. The molecule has 18 heavy (non-hydrogen) atoms. The van der Waals surface area contributed by atoms with Gasteiger partial charge in [-0.25, -0.2) is 0 Å². The van der Waals surface area contributed by atoms with Crippen molar-refractivity contribution in [2.45, 2.75) is 6.54 Å². The van der Waals surface area contributed by atoms with E-state index in [9.17, 15) is 4.79 Å². The highest BCUT2D eigenvalue weighted by molar-refractivity contribution is 9.10. The molecule has 3 N–H and O–H groups in total. The van der Waals surface area contributed by atoms with E-state index < -0.39 is 0 Å². The molecule has 0 aliphatic heterocycles. The molecule has 0 radical (unpaired) electrons. The monoisotopic (exact) mass is 328 g/mol. The molecule has 0 aliphatic rings. The second-order valence-electron chi connectivity index (χ2n) is 3.55. The molecular weight excluding hydrogens is 320 g/mol. The number of hydrogen-bond acceptors (Lipinski definition) is 3. The summed E-state index contributed by atoms with van der Waals surface area (Å²) in [4.78, 5) is 11.9. The van der Waals surface area contributed by atoms with Crippen molar-refractivity contribution in [2.75, 3.05) is 5.32 Å². The Balaban J connectivity index is 2.16. The third kappa shape index (κ3) is 2.93. The highest BCUT2D eigenvalue weighted by atomic mass is 79.9. The molecule has 94 valence electrons. The third-order valence-electron chi connectivity index (χ3n) is 2.27. The van der Waals surface area contributed by atoms with Crippen LogP contribution in [0, 0.1) is 0 Å². The van der Waals surface area contributed by atoms with Crippen molar-refractivity contribution in [3.63, 3.8) is 0 Å². The summed E-state index contributed by atoms with van der Waals surface area (Å²) < 4.78 is 6.08. The van der Waals surface area contributed by atoms with Crippen molar-refractivity contribution in [3.8, 4) is 0 Å². The van der Waals surface area contributed by atoms with Crippen LogP contribution in [0.5, 0.6) is 0 Å². The Labute approximate surface area is 117 Å².